The van der Waals surface area contributed by atoms with E-state index in [9.17, 15) is 10.2 Å². The Labute approximate surface area is 150 Å². The first-order chi connectivity index (χ1) is 12.1. The normalized spacial score (nSPS) is 20.8. The van der Waals surface area contributed by atoms with Gasteiger partial charge in [0.2, 0.25) is 0 Å². The van der Waals surface area contributed by atoms with Crippen molar-refractivity contribution in [1.29, 1.82) is 0 Å². The van der Waals surface area contributed by atoms with Gasteiger partial charge in [-0.1, -0.05) is 11.6 Å². The van der Waals surface area contributed by atoms with Gasteiger partial charge in [-0.05, 0) is 73.6 Å². The van der Waals surface area contributed by atoms with Crippen LogP contribution in [0.3, 0.4) is 0 Å². The fourth-order valence-corrected chi connectivity index (χ4v) is 4.63. The molecular formula is C21H17ClO3. The molecule has 0 heterocycles. The highest BCUT2D eigenvalue weighted by atomic mass is 35.5. The Morgan fingerprint density at radius 1 is 0.800 bits per heavy atom. The zero-order valence-electron chi connectivity index (χ0n) is 13.5. The first kappa shape index (κ1) is 14.9. The van der Waals surface area contributed by atoms with Crippen molar-refractivity contribution in [3.63, 3.8) is 0 Å². The van der Waals surface area contributed by atoms with E-state index in [-0.39, 0.29) is 0 Å². The molecule has 0 radical (unpaired) electrons. The molecule has 3 nitrogen and oxygen atoms in total. The van der Waals surface area contributed by atoms with E-state index in [0.717, 1.165) is 30.4 Å². The zero-order valence-corrected chi connectivity index (χ0v) is 14.3. The smallest absolute Gasteiger partial charge is 0.128 e. The van der Waals surface area contributed by atoms with Crippen LogP contribution in [0.2, 0.25) is 5.02 Å². The van der Waals surface area contributed by atoms with Gasteiger partial charge in [0.15, 0.2) is 0 Å². The van der Waals surface area contributed by atoms with Crippen LogP contribution in [0.15, 0.2) is 42.5 Å². The van der Waals surface area contributed by atoms with Crippen molar-refractivity contribution in [2.24, 2.45) is 0 Å². The van der Waals surface area contributed by atoms with Crippen LogP contribution in [0.1, 0.15) is 42.2 Å². The number of halogens is 1. The lowest BCUT2D eigenvalue weighted by molar-refractivity contribution is 0.450. The van der Waals surface area contributed by atoms with Crippen LogP contribution in [-0.2, 0) is 0 Å². The minimum atomic E-state index is 0.302. The molecule has 1 fully saturated rings. The first-order valence-corrected chi connectivity index (χ1v) is 8.94. The summed E-state index contributed by atoms with van der Waals surface area (Å²) >= 11 is 5.90. The van der Waals surface area contributed by atoms with E-state index in [1.165, 1.54) is 0 Å². The van der Waals surface area contributed by atoms with Crippen molar-refractivity contribution in [3.8, 4) is 23.0 Å². The summed E-state index contributed by atoms with van der Waals surface area (Å²) in [5.41, 5.74) is 1.91. The number of phenolic OH excluding ortho intramolecular Hbond substituents is 2. The monoisotopic (exact) mass is 352 g/mol. The van der Waals surface area contributed by atoms with Crippen LogP contribution in [0.25, 0.3) is 10.8 Å². The van der Waals surface area contributed by atoms with Crippen molar-refractivity contribution in [2.45, 2.75) is 31.1 Å². The highest BCUT2D eigenvalue weighted by Gasteiger charge is 2.41. The molecule has 5 rings (SSSR count). The fraction of sp³-hybridized carbons (Fsp3) is 0.238. The summed E-state index contributed by atoms with van der Waals surface area (Å²) in [6.45, 7) is 0. The number of phenols is 2. The lowest BCUT2D eigenvalue weighted by atomic mass is 9.87. The molecule has 3 aromatic carbocycles. The maximum absolute atomic E-state index is 10.9. The molecule has 1 saturated carbocycles. The van der Waals surface area contributed by atoms with E-state index in [0.29, 0.717) is 50.6 Å². The molecule has 25 heavy (non-hydrogen) atoms. The van der Waals surface area contributed by atoms with Gasteiger partial charge in [0.05, 0.1) is 0 Å². The Morgan fingerprint density at radius 2 is 1.40 bits per heavy atom. The Hall–Kier alpha value is -2.39. The topological polar surface area (TPSA) is 49.7 Å². The summed E-state index contributed by atoms with van der Waals surface area (Å²) in [6, 6.07) is 12.6. The Balaban J connectivity index is 1.63. The fourth-order valence-electron chi connectivity index (χ4n) is 4.51. The molecule has 0 aliphatic heterocycles. The Kier molecular flexibility index (Phi) is 3.16. The van der Waals surface area contributed by atoms with Crippen LogP contribution >= 0.6 is 11.6 Å². The summed E-state index contributed by atoms with van der Waals surface area (Å²) in [4.78, 5) is 0. The third kappa shape index (κ3) is 2.19. The average molecular weight is 353 g/mol. The highest BCUT2D eigenvalue weighted by molar-refractivity contribution is 6.30. The Morgan fingerprint density at radius 3 is 2.08 bits per heavy atom. The van der Waals surface area contributed by atoms with Crippen LogP contribution in [0.4, 0.5) is 0 Å². The quantitative estimate of drug-likeness (QED) is 0.551. The van der Waals surface area contributed by atoms with Gasteiger partial charge >= 0.3 is 0 Å². The highest BCUT2D eigenvalue weighted by Crippen LogP contribution is 2.60. The molecule has 2 aliphatic carbocycles. The summed E-state index contributed by atoms with van der Waals surface area (Å²) in [5, 5.41) is 23.6. The number of aromatic hydroxyl groups is 2. The predicted octanol–water partition coefficient (Wildman–Crippen LogP) is 6.06. The van der Waals surface area contributed by atoms with Gasteiger partial charge in [-0.25, -0.2) is 0 Å². The second-order valence-corrected chi connectivity index (χ2v) is 7.43. The van der Waals surface area contributed by atoms with Crippen LogP contribution in [-0.4, -0.2) is 10.2 Å². The number of benzene rings is 3. The molecule has 2 bridgehead atoms. The van der Waals surface area contributed by atoms with Crippen LogP contribution in [0, 0.1) is 0 Å². The molecule has 126 valence electrons. The molecular weight excluding hydrogens is 336 g/mol. The van der Waals surface area contributed by atoms with Crippen molar-refractivity contribution < 1.29 is 14.9 Å². The minimum absolute atomic E-state index is 0.302. The molecule has 0 aromatic heterocycles. The molecule has 2 atom stereocenters. The molecule has 0 saturated heterocycles. The molecule has 4 heteroatoms. The van der Waals surface area contributed by atoms with Crippen LogP contribution < -0.4 is 4.74 Å². The van der Waals surface area contributed by atoms with E-state index in [4.69, 9.17) is 16.3 Å². The van der Waals surface area contributed by atoms with Gasteiger partial charge in [-0.3, -0.25) is 0 Å². The van der Waals surface area contributed by atoms with E-state index in [2.05, 4.69) is 0 Å². The molecule has 2 aliphatic rings. The van der Waals surface area contributed by atoms with E-state index in [1.54, 1.807) is 30.3 Å². The average Bonchev–Trinajstić information content (AvgIpc) is 3.23. The van der Waals surface area contributed by atoms with E-state index < -0.39 is 0 Å². The molecule has 3 aromatic rings. The van der Waals surface area contributed by atoms with Gasteiger partial charge in [0.25, 0.3) is 0 Å². The number of rotatable bonds is 2. The van der Waals surface area contributed by atoms with Crippen molar-refractivity contribution in [1.82, 2.24) is 0 Å². The van der Waals surface area contributed by atoms with E-state index >= 15 is 0 Å². The summed E-state index contributed by atoms with van der Waals surface area (Å²) in [5.74, 6) is 2.68. The summed E-state index contributed by atoms with van der Waals surface area (Å²) in [6.07, 6.45) is 3.24. The third-order valence-corrected chi connectivity index (χ3v) is 5.85. The van der Waals surface area contributed by atoms with E-state index in [1.807, 2.05) is 12.1 Å². The maximum Gasteiger partial charge on any atom is 0.128 e. The second-order valence-electron chi connectivity index (χ2n) is 6.99. The number of fused-ring (bicyclic) bond motifs is 6. The number of ether oxygens (including phenoxy) is 1. The van der Waals surface area contributed by atoms with Gasteiger partial charge in [-0.2, -0.15) is 0 Å². The van der Waals surface area contributed by atoms with Gasteiger partial charge in [0.1, 0.15) is 23.0 Å². The van der Waals surface area contributed by atoms with Crippen LogP contribution in [0.5, 0.6) is 23.0 Å². The summed E-state index contributed by atoms with van der Waals surface area (Å²) in [7, 11) is 0. The standard InChI is InChI=1S/C21H17ClO3/c22-13-3-5-14(6-4-13)25-15-7-8-16-17(10-15)21(24)19-12-2-1-11(9-12)18(19)20(16)23/h3-8,10-12,23-24H,1-2,9H2. The molecule has 2 N–H and O–H groups in total. The van der Waals surface area contributed by atoms with Crippen molar-refractivity contribution >= 4 is 22.4 Å². The second kappa shape index (κ2) is 5.30. The third-order valence-electron chi connectivity index (χ3n) is 5.60. The largest absolute Gasteiger partial charge is 0.507 e. The maximum atomic E-state index is 10.9. The van der Waals surface area contributed by atoms with Crippen molar-refractivity contribution in [2.75, 3.05) is 0 Å². The van der Waals surface area contributed by atoms with Crippen molar-refractivity contribution in [3.05, 3.63) is 58.6 Å². The zero-order chi connectivity index (χ0) is 17.1. The molecule has 0 amide bonds. The predicted molar refractivity (Wildman–Crippen MR) is 98.1 cm³/mol. The molecule has 2 unspecified atom stereocenters. The lowest BCUT2D eigenvalue weighted by Gasteiger charge is -2.20. The first-order valence-electron chi connectivity index (χ1n) is 8.56. The van der Waals surface area contributed by atoms with Gasteiger partial charge in [0, 0.05) is 26.9 Å². The lowest BCUT2D eigenvalue weighted by Crippen LogP contribution is -2.00. The summed E-state index contributed by atoms with van der Waals surface area (Å²) < 4.78 is 5.87. The molecule has 0 spiro atoms. The number of hydrogen-bond donors (Lipinski definition) is 2. The number of hydrogen-bond acceptors (Lipinski definition) is 3. The minimum Gasteiger partial charge on any atom is -0.507 e. The van der Waals surface area contributed by atoms with Gasteiger partial charge in [-0.15, -0.1) is 0 Å². The SMILES string of the molecule is Oc1c2c(c(O)c3cc(Oc4ccc(Cl)cc4)ccc13)C1CCC2C1. The van der Waals surface area contributed by atoms with Gasteiger partial charge < -0.3 is 14.9 Å². The Bertz CT molecular complexity index is 994.